The molecule has 13 heavy (non-hydrogen) atoms. The summed E-state index contributed by atoms with van der Waals surface area (Å²) in [6.07, 6.45) is 2.86. The smallest absolute Gasteiger partial charge is 0.168 e. The number of nitrogens with zero attached hydrogens (tertiary/aromatic N) is 2. The van der Waals surface area contributed by atoms with Crippen molar-refractivity contribution in [3.63, 3.8) is 0 Å². The largest absolute Gasteiger partial charge is 0.390 e. The number of hydrogen-bond donors (Lipinski definition) is 1. The number of aliphatic hydroxyl groups excluding tert-OH is 1. The first-order chi connectivity index (χ1) is 6.19. The molecule has 4 heteroatoms. The highest BCUT2D eigenvalue weighted by atomic mass is 32.2. The van der Waals surface area contributed by atoms with Crippen LogP contribution < -0.4 is 0 Å². The standard InChI is InChI=1S/C9H16N2OS/c1-4-7(2)13-9-10-5-8(6-12)11(9)3/h5,7,12H,4,6H2,1-3H3. The van der Waals surface area contributed by atoms with Crippen LogP contribution in [0.4, 0.5) is 0 Å². The molecule has 0 aromatic carbocycles. The van der Waals surface area contributed by atoms with Gasteiger partial charge in [-0.05, 0) is 6.42 Å². The van der Waals surface area contributed by atoms with Gasteiger partial charge in [0.1, 0.15) is 0 Å². The first kappa shape index (κ1) is 10.6. The Hall–Kier alpha value is -0.480. The number of hydrogen-bond acceptors (Lipinski definition) is 3. The number of imidazole rings is 1. The molecule has 1 aromatic rings. The Bertz CT molecular complexity index is 273. The van der Waals surface area contributed by atoms with Crippen LogP contribution in [0.1, 0.15) is 26.0 Å². The highest BCUT2D eigenvalue weighted by Gasteiger charge is 2.08. The molecule has 0 fully saturated rings. The second-order valence-corrected chi connectivity index (χ2v) is 4.49. The fourth-order valence-corrected chi connectivity index (χ4v) is 1.86. The number of aliphatic hydroxyl groups is 1. The van der Waals surface area contributed by atoms with E-state index in [1.54, 1.807) is 18.0 Å². The van der Waals surface area contributed by atoms with Crippen molar-refractivity contribution >= 4 is 11.8 Å². The summed E-state index contributed by atoms with van der Waals surface area (Å²) in [7, 11) is 1.93. The molecule has 1 N–H and O–H groups in total. The molecule has 1 unspecified atom stereocenters. The lowest BCUT2D eigenvalue weighted by molar-refractivity contribution is 0.271. The molecule has 0 spiro atoms. The highest BCUT2D eigenvalue weighted by molar-refractivity contribution is 7.99. The van der Waals surface area contributed by atoms with Crippen LogP contribution in [0.15, 0.2) is 11.4 Å². The predicted molar refractivity (Wildman–Crippen MR) is 54.7 cm³/mol. The third-order valence-electron chi connectivity index (χ3n) is 2.09. The molecule has 1 rings (SSSR count). The SMILES string of the molecule is CCC(C)Sc1ncc(CO)n1C. The van der Waals surface area contributed by atoms with E-state index in [2.05, 4.69) is 18.8 Å². The summed E-state index contributed by atoms with van der Waals surface area (Å²) in [5, 5.41) is 10.5. The van der Waals surface area contributed by atoms with E-state index in [1.807, 2.05) is 11.6 Å². The van der Waals surface area contributed by atoms with Gasteiger partial charge in [-0.2, -0.15) is 0 Å². The van der Waals surface area contributed by atoms with Crippen molar-refractivity contribution in [2.75, 3.05) is 0 Å². The summed E-state index contributed by atoms with van der Waals surface area (Å²) < 4.78 is 1.94. The first-order valence-corrected chi connectivity index (χ1v) is 5.35. The van der Waals surface area contributed by atoms with Crippen LogP contribution in [-0.2, 0) is 13.7 Å². The molecule has 74 valence electrons. The van der Waals surface area contributed by atoms with Crippen molar-refractivity contribution in [1.82, 2.24) is 9.55 Å². The minimum absolute atomic E-state index is 0.0601. The summed E-state index contributed by atoms with van der Waals surface area (Å²) in [6.45, 7) is 4.40. The van der Waals surface area contributed by atoms with Crippen molar-refractivity contribution in [2.24, 2.45) is 7.05 Å². The average Bonchev–Trinajstić information content (AvgIpc) is 2.48. The van der Waals surface area contributed by atoms with Crippen molar-refractivity contribution in [3.8, 4) is 0 Å². The van der Waals surface area contributed by atoms with Gasteiger partial charge in [-0.3, -0.25) is 0 Å². The number of thioether (sulfide) groups is 1. The van der Waals surface area contributed by atoms with Crippen LogP contribution in [0, 0.1) is 0 Å². The lowest BCUT2D eigenvalue weighted by Gasteiger charge is -2.08. The van der Waals surface area contributed by atoms with E-state index >= 15 is 0 Å². The van der Waals surface area contributed by atoms with E-state index in [1.165, 1.54) is 0 Å². The quantitative estimate of drug-likeness (QED) is 0.753. The van der Waals surface area contributed by atoms with E-state index in [-0.39, 0.29) is 6.61 Å². The van der Waals surface area contributed by atoms with Gasteiger partial charge in [-0.15, -0.1) is 0 Å². The van der Waals surface area contributed by atoms with Crippen molar-refractivity contribution in [2.45, 2.75) is 37.3 Å². The Morgan fingerprint density at radius 1 is 1.69 bits per heavy atom. The summed E-state index contributed by atoms with van der Waals surface area (Å²) in [4.78, 5) is 4.24. The van der Waals surface area contributed by atoms with E-state index in [4.69, 9.17) is 5.11 Å². The third-order valence-corrected chi connectivity index (χ3v) is 3.41. The lowest BCUT2D eigenvalue weighted by Crippen LogP contribution is -2.00. The second kappa shape index (κ2) is 4.67. The molecular formula is C9H16N2OS. The number of aromatic nitrogens is 2. The molecule has 0 saturated heterocycles. The van der Waals surface area contributed by atoms with Gasteiger partial charge < -0.3 is 9.67 Å². The van der Waals surface area contributed by atoms with Crippen LogP contribution in [0.3, 0.4) is 0 Å². The molecule has 0 bridgehead atoms. The van der Waals surface area contributed by atoms with Crippen LogP contribution >= 0.6 is 11.8 Å². The van der Waals surface area contributed by atoms with Gasteiger partial charge in [0.05, 0.1) is 18.5 Å². The summed E-state index contributed by atoms with van der Waals surface area (Å²) in [6, 6.07) is 0. The van der Waals surface area contributed by atoms with E-state index in [0.29, 0.717) is 5.25 Å². The normalized spacial score (nSPS) is 13.2. The Kier molecular flexibility index (Phi) is 3.81. The highest BCUT2D eigenvalue weighted by Crippen LogP contribution is 2.23. The van der Waals surface area contributed by atoms with Crippen LogP contribution in [0.25, 0.3) is 0 Å². The lowest BCUT2D eigenvalue weighted by atomic mass is 10.4. The molecule has 0 amide bonds. The molecule has 0 radical (unpaired) electrons. The monoisotopic (exact) mass is 200 g/mol. The molecule has 0 aliphatic heterocycles. The Labute approximate surface area is 83.2 Å². The van der Waals surface area contributed by atoms with Gasteiger partial charge in [0, 0.05) is 12.3 Å². The summed E-state index contributed by atoms with van der Waals surface area (Å²) in [5.74, 6) is 0. The second-order valence-electron chi connectivity index (χ2n) is 3.09. The molecular weight excluding hydrogens is 184 g/mol. The van der Waals surface area contributed by atoms with Crippen LogP contribution in [0.5, 0.6) is 0 Å². The van der Waals surface area contributed by atoms with Crippen molar-refractivity contribution < 1.29 is 5.11 Å². The topological polar surface area (TPSA) is 38.1 Å². The molecule has 3 nitrogen and oxygen atoms in total. The van der Waals surface area contributed by atoms with E-state index in [0.717, 1.165) is 17.3 Å². The van der Waals surface area contributed by atoms with Crippen molar-refractivity contribution in [1.29, 1.82) is 0 Å². The molecule has 0 saturated carbocycles. The summed E-state index contributed by atoms with van der Waals surface area (Å²) in [5.41, 5.74) is 0.866. The minimum Gasteiger partial charge on any atom is -0.390 e. The van der Waals surface area contributed by atoms with Crippen LogP contribution in [0.2, 0.25) is 0 Å². The Morgan fingerprint density at radius 3 is 2.85 bits per heavy atom. The predicted octanol–water partition coefficient (Wildman–Crippen LogP) is 1.80. The average molecular weight is 200 g/mol. The molecule has 1 heterocycles. The zero-order valence-electron chi connectivity index (χ0n) is 8.32. The van der Waals surface area contributed by atoms with Gasteiger partial charge in [-0.25, -0.2) is 4.98 Å². The maximum absolute atomic E-state index is 8.95. The van der Waals surface area contributed by atoms with Crippen molar-refractivity contribution in [3.05, 3.63) is 11.9 Å². The minimum atomic E-state index is 0.0601. The van der Waals surface area contributed by atoms with E-state index in [9.17, 15) is 0 Å². The van der Waals surface area contributed by atoms with Gasteiger partial charge in [0.15, 0.2) is 5.16 Å². The zero-order valence-corrected chi connectivity index (χ0v) is 9.14. The van der Waals surface area contributed by atoms with Crippen LogP contribution in [-0.4, -0.2) is 19.9 Å². The molecule has 0 aliphatic rings. The zero-order chi connectivity index (χ0) is 9.84. The van der Waals surface area contributed by atoms with Gasteiger partial charge in [-0.1, -0.05) is 25.6 Å². The van der Waals surface area contributed by atoms with Gasteiger partial charge >= 0.3 is 0 Å². The third kappa shape index (κ3) is 2.48. The molecule has 1 aromatic heterocycles. The molecule has 1 atom stereocenters. The van der Waals surface area contributed by atoms with E-state index < -0.39 is 0 Å². The summed E-state index contributed by atoms with van der Waals surface area (Å²) >= 11 is 1.75. The Morgan fingerprint density at radius 2 is 2.38 bits per heavy atom. The molecule has 0 aliphatic carbocycles. The fraction of sp³-hybridized carbons (Fsp3) is 0.667. The van der Waals surface area contributed by atoms with Gasteiger partial charge in [0.25, 0.3) is 0 Å². The fourth-order valence-electron chi connectivity index (χ4n) is 0.945. The Balaban J connectivity index is 2.72. The number of rotatable bonds is 4. The maximum Gasteiger partial charge on any atom is 0.168 e. The van der Waals surface area contributed by atoms with Gasteiger partial charge in [0.2, 0.25) is 0 Å². The maximum atomic E-state index is 8.95. The first-order valence-electron chi connectivity index (χ1n) is 4.47.